The largest absolute Gasteiger partial charge is 1.00 e. The molecule has 0 aromatic heterocycles. The van der Waals surface area contributed by atoms with Crippen LogP contribution in [0.5, 0.6) is 0 Å². The fourth-order valence-electron chi connectivity index (χ4n) is 3.47. The molecule has 0 atom stereocenters. The molecule has 0 radical (unpaired) electrons. The Balaban J connectivity index is 0.00000320. The molecule has 10 nitrogen and oxygen atoms in total. The van der Waals surface area contributed by atoms with E-state index in [9.17, 15) is 33.2 Å². The molecule has 0 amide bonds. The van der Waals surface area contributed by atoms with E-state index in [4.69, 9.17) is 0 Å². The van der Waals surface area contributed by atoms with Crippen LogP contribution in [-0.2, 0) is 22.1 Å². The maximum atomic E-state index is 11.5. The molecule has 3 rings (SSSR count). The highest BCUT2D eigenvalue weighted by Crippen LogP contribution is 2.41. The van der Waals surface area contributed by atoms with E-state index in [1.165, 1.54) is 24.3 Å². The van der Waals surface area contributed by atoms with Crippen molar-refractivity contribution in [2.45, 2.75) is 37.6 Å². The van der Waals surface area contributed by atoms with E-state index in [0.717, 1.165) is 11.8 Å². The van der Waals surface area contributed by atoms with Gasteiger partial charge in [-0.2, -0.15) is 13.0 Å². The molecule has 1 aliphatic rings. The van der Waals surface area contributed by atoms with Gasteiger partial charge in [0, 0.05) is 36.2 Å². The third kappa shape index (κ3) is 4.11. The van der Waals surface area contributed by atoms with Crippen molar-refractivity contribution in [1.82, 2.24) is 0 Å². The van der Waals surface area contributed by atoms with Gasteiger partial charge in [-0.15, -0.1) is 0 Å². The van der Waals surface area contributed by atoms with Crippen LogP contribution >= 0.6 is 0 Å². The zero-order valence-electron chi connectivity index (χ0n) is 16.2. The Morgan fingerprint density at radius 3 is 2.03 bits per heavy atom. The maximum Gasteiger partial charge on any atom is 0.294 e. The number of nitro benzene ring substituents is 2. The lowest BCUT2D eigenvalue weighted by molar-refractivity contribution is -0.456. The van der Waals surface area contributed by atoms with Gasteiger partial charge >= 0.3 is 0 Å². The lowest BCUT2D eigenvalue weighted by Crippen LogP contribution is -3.00. The Kier molecular flexibility index (Phi) is 6.17. The number of fused-ring (bicyclic) bond motifs is 1. The van der Waals surface area contributed by atoms with E-state index in [-0.39, 0.29) is 39.8 Å². The number of hydrogen-bond donors (Lipinski definition) is 1. The third-order valence-electron chi connectivity index (χ3n) is 5.26. The Hall–Kier alpha value is -2.70. The van der Waals surface area contributed by atoms with Crippen molar-refractivity contribution < 1.29 is 44.4 Å². The lowest BCUT2D eigenvalue weighted by Gasteiger charge is -2.15. The number of nitrogens with zero attached hydrogens (tertiary/aromatic N) is 3. The SMILES string of the molecule is CC1=[N+](Cc2cc([N+](=O)[O-])cc([N+](=O)[O-])c2)c2ccc(S(=O)(=O)O)cc2C1(C)C.[Br-]. The smallest absolute Gasteiger partial charge is 0.294 e. The predicted molar refractivity (Wildman–Crippen MR) is 103 cm³/mol. The van der Waals surface area contributed by atoms with Gasteiger partial charge in [0.1, 0.15) is 0 Å². The number of halogens is 1. The van der Waals surface area contributed by atoms with Gasteiger partial charge in [0.2, 0.25) is 5.69 Å². The fraction of sp³-hybridized carbons (Fsp3) is 0.278. The van der Waals surface area contributed by atoms with E-state index >= 15 is 0 Å². The molecule has 1 aliphatic heterocycles. The topological polar surface area (TPSA) is 144 Å². The molecular formula is C18H18BrN3O7S. The average Bonchev–Trinajstić information content (AvgIpc) is 2.81. The first-order valence-electron chi connectivity index (χ1n) is 8.48. The molecule has 0 bridgehead atoms. The fourth-order valence-corrected chi connectivity index (χ4v) is 3.98. The monoisotopic (exact) mass is 499 g/mol. The molecule has 0 saturated carbocycles. The molecule has 2 aromatic rings. The number of hydrogen-bond acceptors (Lipinski definition) is 6. The quantitative estimate of drug-likeness (QED) is 0.270. The second kappa shape index (κ2) is 7.85. The summed E-state index contributed by atoms with van der Waals surface area (Å²) in [6.45, 7) is 5.71. The normalized spacial score (nSPS) is 14.8. The maximum absolute atomic E-state index is 11.5. The minimum absolute atomic E-state index is 0. The van der Waals surface area contributed by atoms with E-state index in [1.54, 1.807) is 6.07 Å². The molecule has 2 aromatic carbocycles. The molecule has 160 valence electrons. The van der Waals surface area contributed by atoms with Crippen molar-refractivity contribution in [3.05, 3.63) is 67.8 Å². The molecule has 0 unspecified atom stereocenters. The summed E-state index contributed by atoms with van der Waals surface area (Å²) in [6.07, 6.45) is 0. The van der Waals surface area contributed by atoms with Gasteiger partial charge in [0.25, 0.3) is 21.5 Å². The summed E-state index contributed by atoms with van der Waals surface area (Å²) in [6, 6.07) is 7.66. The second-order valence-corrected chi connectivity index (χ2v) is 8.74. The molecule has 1 heterocycles. The summed E-state index contributed by atoms with van der Waals surface area (Å²) in [5.74, 6) is 0. The molecule has 30 heavy (non-hydrogen) atoms. The molecule has 12 heteroatoms. The van der Waals surface area contributed by atoms with Crippen LogP contribution in [0.4, 0.5) is 17.1 Å². The molecule has 1 N–H and O–H groups in total. The standard InChI is InChI=1S/C18H17N3O7S.BrH/c1-11-18(2,3)16-9-15(29(26,27)28)4-5-17(16)19(11)10-12-6-13(20(22)23)8-14(7-12)21(24)25;/h4-9H,10H2,1-3H3;1H. The number of nitro groups is 2. The van der Waals surface area contributed by atoms with E-state index in [0.29, 0.717) is 16.8 Å². The van der Waals surface area contributed by atoms with Gasteiger partial charge in [0.15, 0.2) is 12.3 Å². The summed E-state index contributed by atoms with van der Waals surface area (Å²) in [4.78, 5) is 20.7. The first-order valence-corrected chi connectivity index (χ1v) is 9.92. The van der Waals surface area contributed by atoms with Crippen molar-refractivity contribution in [2.75, 3.05) is 0 Å². The summed E-state index contributed by atoms with van der Waals surface area (Å²) in [7, 11) is -4.38. The van der Waals surface area contributed by atoms with Gasteiger partial charge < -0.3 is 17.0 Å². The molecular weight excluding hydrogens is 482 g/mol. The molecule has 0 fully saturated rings. The van der Waals surface area contributed by atoms with E-state index in [2.05, 4.69) is 0 Å². The van der Waals surface area contributed by atoms with Gasteiger partial charge in [-0.1, -0.05) is 0 Å². The predicted octanol–water partition coefficient (Wildman–Crippen LogP) is 0.350. The summed E-state index contributed by atoms with van der Waals surface area (Å²) < 4.78 is 34.2. The van der Waals surface area contributed by atoms with Crippen LogP contribution in [0.25, 0.3) is 0 Å². The molecule has 0 spiro atoms. The highest BCUT2D eigenvalue weighted by atomic mass is 79.9. The van der Waals surface area contributed by atoms with Crippen molar-refractivity contribution in [2.24, 2.45) is 0 Å². The summed E-state index contributed by atoms with van der Waals surface area (Å²) in [5, 5.41) is 22.3. The van der Waals surface area contributed by atoms with Crippen LogP contribution in [0.1, 0.15) is 31.9 Å². The minimum atomic E-state index is -4.38. The first kappa shape index (κ1) is 23.6. The van der Waals surface area contributed by atoms with Crippen LogP contribution in [0.15, 0.2) is 41.3 Å². The van der Waals surface area contributed by atoms with Crippen LogP contribution < -0.4 is 17.0 Å². The van der Waals surface area contributed by atoms with E-state index < -0.39 is 25.4 Å². The van der Waals surface area contributed by atoms with Crippen LogP contribution in [0.3, 0.4) is 0 Å². The Bertz CT molecular complexity index is 1170. The zero-order chi connectivity index (χ0) is 21.7. The van der Waals surface area contributed by atoms with Gasteiger partial charge in [-0.3, -0.25) is 24.8 Å². The molecule has 0 aliphatic carbocycles. The Morgan fingerprint density at radius 2 is 1.57 bits per heavy atom. The van der Waals surface area contributed by atoms with Crippen molar-refractivity contribution >= 4 is 32.9 Å². The van der Waals surface area contributed by atoms with Crippen molar-refractivity contribution in [3.63, 3.8) is 0 Å². The van der Waals surface area contributed by atoms with Crippen molar-refractivity contribution in [3.8, 4) is 0 Å². The van der Waals surface area contributed by atoms with Crippen LogP contribution in [-0.4, -0.2) is 33.1 Å². The Labute approximate surface area is 182 Å². The lowest BCUT2D eigenvalue weighted by atomic mass is 9.82. The number of benzene rings is 2. The first-order chi connectivity index (χ1) is 13.3. The highest BCUT2D eigenvalue weighted by Gasteiger charge is 2.43. The number of non-ortho nitro benzene ring substituents is 2. The van der Waals surface area contributed by atoms with E-state index in [1.807, 2.05) is 25.3 Å². The highest BCUT2D eigenvalue weighted by molar-refractivity contribution is 7.85. The van der Waals surface area contributed by atoms with Gasteiger partial charge in [0.05, 0.1) is 26.2 Å². The van der Waals surface area contributed by atoms with Crippen LogP contribution in [0, 0.1) is 20.2 Å². The number of rotatable bonds is 5. The third-order valence-corrected chi connectivity index (χ3v) is 6.11. The summed E-state index contributed by atoms with van der Waals surface area (Å²) >= 11 is 0. The second-order valence-electron chi connectivity index (χ2n) is 7.32. The average molecular weight is 500 g/mol. The Morgan fingerprint density at radius 1 is 1.03 bits per heavy atom. The summed E-state index contributed by atoms with van der Waals surface area (Å²) in [5.41, 5.74) is 1.17. The van der Waals surface area contributed by atoms with Crippen LogP contribution in [0.2, 0.25) is 0 Å². The van der Waals surface area contributed by atoms with Gasteiger partial charge in [-0.25, -0.2) is 0 Å². The molecule has 0 saturated heterocycles. The zero-order valence-corrected chi connectivity index (χ0v) is 18.6. The minimum Gasteiger partial charge on any atom is -1.00 e. The van der Waals surface area contributed by atoms with Crippen molar-refractivity contribution in [1.29, 1.82) is 0 Å². The van der Waals surface area contributed by atoms with Gasteiger partial charge in [-0.05, 0) is 26.0 Å².